The summed E-state index contributed by atoms with van der Waals surface area (Å²) >= 11 is 6.32. The number of aromatic nitrogens is 1. The summed E-state index contributed by atoms with van der Waals surface area (Å²) in [7, 11) is 1.70. The molecule has 4 rings (SSSR count). The van der Waals surface area contributed by atoms with Gasteiger partial charge in [-0.15, -0.1) is 0 Å². The van der Waals surface area contributed by atoms with E-state index < -0.39 is 0 Å². The van der Waals surface area contributed by atoms with Crippen LogP contribution in [0.15, 0.2) is 66.7 Å². The van der Waals surface area contributed by atoms with Gasteiger partial charge in [-0.1, -0.05) is 55.8 Å². The average molecular weight is 476 g/mol. The molecule has 1 atom stereocenters. The summed E-state index contributed by atoms with van der Waals surface area (Å²) < 4.78 is 5.54. The van der Waals surface area contributed by atoms with Gasteiger partial charge in [0.25, 0.3) is 0 Å². The van der Waals surface area contributed by atoms with Gasteiger partial charge in [0.15, 0.2) is 0 Å². The molecule has 1 N–H and O–H groups in total. The fraction of sp³-hybridized carbons (Fsp3) is 0.345. The van der Waals surface area contributed by atoms with Crippen molar-refractivity contribution in [3.63, 3.8) is 0 Å². The minimum Gasteiger partial charge on any atom is -0.497 e. The maximum absolute atomic E-state index is 6.32. The average Bonchev–Trinajstić information content (AvgIpc) is 2.86. The van der Waals surface area contributed by atoms with Crippen LogP contribution >= 0.6 is 11.6 Å². The Morgan fingerprint density at radius 1 is 0.941 bits per heavy atom. The first-order valence-corrected chi connectivity index (χ1v) is 12.6. The van der Waals surface area contributed by atoms with Gasteiger partial charge >= 0.3 is 0 Å². The third-order valence-corrected chi connectivity index (χ3v) is 6.77. The third-order valence-electron chi connectivity index (χ3n) is 6.54. The lowest BCUT2D eigenvalue weighted by atomic mass is 9.99. The highest BCUT2D eigenvalue weighted by Crippen LogP contribution is 2.35. The molecule has 0 bridgehead atoms. The normalized spacial score (nSPS) is 12.4. The zero-order valence-corrected chi connectivity index (χ0v) is 21.1. The number of hydrogen-bond acceptors (Lipinski definition) is 4. The Labute approximate surface area is 207 Å². The topological polar surface area (TPSA) is 37.4 Å². The molecule has 5 heteroatoms. The molecule has 0 spiro atoms. The molecule has 0 amide bonds. The molecule has 4 nitrogen and oxygen atoms in total. The highest BCUT2D eigenvalue weighted by Gasteiger charge is 2.16. The van der Waals surface area contributed by atoms with E-state index in [-0.39, 0.29) is 6.04 Å². The van der Waals surface area contributed by atoms with E-state index in [9.17, 15) is 0 Å². The predicted molar refractivity (Wildman–Crippen MR) is 145 cm³/mol. The van der Waals surface area contributed by atoms with Crippen LogP contribution in [0.25, 0.3) is 21.8 Å². The molecule has 3 aromatic carbocycles. The molecule has 0 aliphatic rings. The summed E-state index contributed by atoms with van der Waals surface area (Å²) in [6, 6.07) is 23.0. The Balaban J connectivity index is 1.73. The highest BCUT2D eigenvalue weighted by molar-refractivity contribution is 6.31. The number of nitrogens with zero attached hydrogens (tertiary/aromatic N) is 2. The van der Waals surface area contributed by atoms with Gasteiger partial charge < -0.3 is 15.0 Å². The number of pyridine rings is 1. The number of halogens is 1. The molecule has 1 heterocycles. The SMILES string of the molecule is CCN(CC)CCC[C@@H](Cc1ccccc1)Nc1c2ccc(Cl)cc2nc2ccc(OC)cc12. The Kier molecular flexibility index (Phi) is 8.25. The standard InChI is InChI=1S/C29H34ClN3O/c1-4-33(5-2)17-9-12-23(18-21-10-7-6-8-11-21)31-29-25-15-13-22(30)19-28(25)32-27-16-14-24(34-3)20-26(27)29/h6-8,10-11,13-16,19-20,23H,4-5,9,12,17-18H2,1-3H3,(H,31,32)/t23-/m0/s1. The second kappa shape index (κ2) is 11.5. The summed E-state index contributed by atoms with van der Waals surface area (Å²) in [5.74, 6) is 0.826. The number of rotatable bonds is 11. The number of ether oxygens (including phenoxy) is 1. The molecular formula is C29H34ClN3O. The summed E-state index contributed by atoms with van der Waals surface area (Å²) in [6.45, 7) is 7.76. The molecule has 0 aliphatic heterocycles. The van der Waals surface area contributed by atoms with Gasteiger partial charge in [-0.25, -0.2) is 4.98 Å². The van der Waals surface area contributed by atoms with Crippen molar-refractivity contribution in [1.29, 1.82) is 0 Å². The Morgan fingerprint density at radius 2 is 1.74 bits per heavy atom. The van der Waals surface area contributed by atoms with Crippen molar-refractivity contribution in [3.05, 3.63) is 77.3 Å². The van der Waals surface area contributed by atoms with E-state index in [0.717, 1.165) is 72.1 Å². The number of fused-ring (bicyclic) bond motifs is 2. The van der Waals surface area contributed by atoms with E-state index in [0.29, 0.717) is 5.02 Å². The van der Waals surface area contributed by atoms with Crippen molar-refractivity contribution >= 4 is 39.1 Å². The Bertz CT molecular complexity index is 1220. The van der Waals surface area contributed by atoms with Crippen molar-refractivity contribution in [2.24, 2.45) is 0 Å². The smallest absolute Gasteiger partial charge is 0.119 e. The zero-order chi connectivity index (χ0) is 23.9. The molecule has 0 aliphatic carbocycles. The number of anilines is 1. The quantitative estimate of drug-likeness (QED) is 0.233. The van der Waals surface area contributed by atoms with Gasteiger partial charge in [0.1, 0.15) is 5.75 Å². The van der Waals surface area contributed by atoms with Gasteiger partial charge in [-0.2, -0.15) is 0 Å². The van der Waals surface area contributed by atoms with Crippen LogP contribution in [-0.4, -0.2) is 42.7 Å². The van der Waals surface area contributed by atoms with Crippen molar-refractivity contribution < 1.29 is 4.74 Å². The summed E-state index contributed by atoms with van der Waals surface area (Å²) in [4.78, 5) is 7.38. The van der Waals surface area contributed by atoms with Crippen LogP contribution in [0.4, 0.5) is 5.69 Å². The molecule has 34 heavy (non-hydrogen) atoms. The summed E-state index contributed by atoms with van der Waals surface area (Å²) in [5.41, 5.74) is 4.26. The minimum atomic E-state index is 0.286. The van der Waals surface area contributed by atoms with Gasteiger partial charge in [-0.3, -0.25) is 0 Å². The lowest BCUT2D eigenvalue weighted by molar-refractivity contribution is 0.294. The largest absolute Gasteiger partial charge is 0.497 e. The van der Waals surface area contributed by atoms with E-state index in [1.54, 1.807) is 7.11 Å². The Morgan fingerprint density at radius 3 is 2.47 bits per heavy atom. The highest BCUT2D eigenvalue weighted by atomic mass is 35.5. The molecule has 4 aromatic rings. The van der Waals surface area contributed by atoms with Crippen LogP contribution in [-0.2, 0) is 6.42 Å². The van der Waals surface area contributed by atoms with Crippen molar-refractivity contribution in [3.8, 4) is 5.75 Å². The lowest BCUT2D eigenvalue weighted by Crippen LogP contribution is -2.27. The predicted octanol–water partition coefficient (Wildman–Crippen LogP) is 7.20. The first-order valence-electron chi connectivity index (χ1n) is 12.2. The molecule has 178 valence electrons. The number of methoxy groups -OCH3 is 1. The maximum Gasteiger partial charge on any atom is 0.119 e. The van der Waals surface area contributed by atoms with Crippen molar-refractivity contribution in [2.45, 2.75) is 39.2 Å². The van der Waals surface area contributed by atoms with Gasteiger partial charge in [0.2, 0.25) is 0 Å². The Hall–Kier alpha value is -2.82. The number of benzene rings is 3. The van der Waals surface area contributed by atoms with E-state index in [1.807, 2.05) is 24.3 Å². The van der Waals surface area contributed by atoms with Crippen molar-refractivity contribution in [1.82, 2.24) is 9.88 Å². The minimum absolute atomic E-state index is 0.286. The molecular weight excluding hydrogens is 442 g/mol. The first kappa shape index (κ1) is 24.3. The molecule has 0 radical (unpaired) electrons. The maximum atomic E-state index is 6.32. The van der Waals surface area contributed by atoms with Gasteiger partial charge in [-0.05, 0) is 80.9 Å². The third kappa shape index (κ3) is 5.81. The zero-order valence-electron chi connectivity index (χ0n) is 20.4. The lowest BCUT2D eigenvalue weighted by Gasteiger charge is -2.24. The summed E-state index contributed by atoms with van der Waals surface area (Å²) in [5, 5.41) is 6.77. The van der Waals surface area contributed by atoms with Crippen LogP contribution in [0.1, 0.15) is 32.3 Å². The van der Waals surface area contributed by atoms with Crippen LogP contribution in [0, 0.1) is 0 Å². The van der Waals surface area contributed by atoms with E-state index in [1.165, 1.54) is 5.56 Å². The van der Waals surface area contributed by atoms with E-state index in [4.69, 9.17) is 21.3 Å². The number of hydrogen-bond donors (Lipinski definition) is 1. The van der Waals surface area contributed by atoms with Gasteiger partial charge in [0, 0.05) is 21.8 Å². The molecule has 0 fully saturated rings. The second-order valence-electron chi connectivity index (χ2n) is 8.73. The first-order chi connectivity index (χ1) is 16.6. The van der Waals surface area contributed by atoms with Crippen LogP contribution in [0.3, 0.4) is 0 Å². The van der Waals surface area contributed by atoms with Crippen LogP contribution in [0.2, 0.25) is 5.02 Å². The second-order valence-corrected chi connectivity index (χ2v) is 9.17. The monoisotopic (exact) mass is 475 g/mol. The molecule has 0 saturated carbocycles. The molecule has 0 saturated heterocycles. The van der Waals surface area contributed by atoms with Crippen LogP contribution < -0.4 is 10.1 Å². The van der Waals surface area contributed by atoms with Gasteiger partial charge in [0.05, 0.1) is 23.8 Å². The number of nitrogens with one attached hydrogen (secondary N) is 1. The van der Waals surface area contributed by atoms with Crippen LogP contribution in [0.5, 0.6) is 5.75 Å². The van der Waals surface area contributed by atoms with E-state index >= 15 is 0 Å². The fourth-order valence-electron chi connectivity index (χ4n) is 4.61. The molecule has 0 unspecified atom stereocenters. The summed E-state index contributed by atoms with van der Waals surface area (Å²) in [6.07, 6.45) is 3.18. The molecule has 1 aromatic heterocycles. The fourth-order valence-corrected chi connectivity index (χ4v) is 4.77. The van der Waals surface area contributed by atoms with E-state index in [2.05, 4.69) is 66.5 Å². The van der Waals surface area contributed by atoms with Crippen molar-refractivity contribution in [2.75, 3.05) is 32.1 Å².